The highest BCUT2D eigenvalue weighted by molar-refractivity contribution is 5.79. The molecule has 0 unspecified atom stereocenters. The van der Waals surface area contributed by atoms with Crippen molar-refractivity contribution in [3.63, 3.8) is 0 Å². The molecule has 5 nitrogen and oxygen atoms in total. The number of ether oxygens (including phenoxy) is 2. The molecule has 10 heteroatoms. The average molecular weight is 397 g/mol. The maximum atomic E-state index is 12.2. The molecule has 154 valence electrons. The Labute approximate surface area is 155 Å². The maximum Gasteiger partial charge on any atom is 0.411 e. The molecule has 1 rings (SSSR count). The number of nitrogens with one attached hydrogen (secondary N) is 1. The van der Waals surface area contributed by atoms with Gasteiger partial charge < -0.3 is 19.7 Å². The van der Waals surface area contributed by atoms with Crippen LogP contribution in [0.25, 0.3) is 0 Å². The number of guanidine groups is 1. The van der Waals surface area contributed by atoms with Crippen LogP contribution in [-0.2, 0) is 11.3 Å². The fraction of sp³-hybridized carbons (Fsp3) is 0.588. The Morgan fingerprint density at radius 2 is 1.89 bits per heavy atom. The van der Waals surface area contributed by atoms with E-state index in [0.29, 0.717) is 32.0 Å². The molecule has 1 aromatic carbocycles. The van der Waals surface area contributed by atoms with E-state index < -0.39 is 19.4 Å². The van der Waals surface area contributed by atoms with Gasteiger partial charge in [-0.2, -0.15) is 22.0 Å². The van der Waals surface area contributed by atoms with E-state index in [1.807, 2.05) is 11.8 Å². The SMILES string of the molecule is CCNC(=NCCCOCC(F)(F)F)N(C)Cc1ccc(OC(F)F)cc1. The van der Waals surface area contributed by atoms with Gasteiger partial charge in [-0.15, -0.1) is 0 Å². The number of hydrogen-bond acceptors (Lipinski definition) is 3. The molecule has 0 heterocycles. The van der Waals surface area contributed by atoms with Gasteiger partial charge in [0, 0.05) is 33.3 Å². The van der Waals surface area contributed by atoms with E-state index in [-0.39, 0.29) is 12.4 Å². The first kappa shape index (κ1) is 22.9. The van der Waals surface area contributed by atoms with Crippen LogP contribution in [0.4, 0.5) is 22.0 Å². The summed E-state index contributed by atoms with van der Waals surface area (Å²) < 4.78 is 69.1. The Kier molecular flexibility index (Phi) is 9.84. The van der Waals surface area contributed by atoms with Crippen molar-refractivity contribution < 1.29 is 31.4 Å². The molecule has 1 aromatic rings. The van der Waals surface area contributed by atoms with Gasteiger partial charge in [-0.1, -0.05) is 12.1 Å². The van der Waals surface area contributed by atoms with Gasteiger partial charge in [-0.05, 0) is 31.0 Å². The third-order valence-corrected chi connectivity index (χ3v) is 3.24. The molecule has 0 radical (unpaired) electrons. The van der Waals surface area contributed by atoms with Crippen molar-refractivity contribution in [3.8, 4) is 5.75 Å². The van der Waals surface area contributed by atoms with Gasteiger partial charge in [0.1, 0.15) is 12.4 Å². The number of aliphatic imine (C=N–C) groups is 1. The topological polar surface area (TPSA) is 46.1 Å². The van der Waals surface area contributed by atoms with Gasteiger partial charge in [-0.25, -0.2) is 0 Å². The average Bonchev–Trinajstić information content (AvgIpc) is 2.57. The molecule has 0 spiro atoms. The first-order valence-corrected chi connectivity index (χ1v) is 8.39. The van der Waals surface area contributed by atoms with E-state index >= 15 is 0 Å². The standard InChI is InChI=1S/C17H24F5N3O2/c1-3-23-16(24-9-4-10-26-12-17(20,21)22)25(2)11-13-5-7-14(8-6-13)27-15(18)19/h5-8,15H,3-4,9-12H2,1-2H3,(H,23,24). The molecule has 0 aliphatic heterocycles. The zero-order chi connectivity index (χ0) is 20.3. The van der Waals surface area contributed by atoms with Gasteiger partial charge in [0.25, 0.3) is 0 Å². The van der Waals surface area contributed by atoms with Crippen LogP contribution in [0, 0.1) is 0 Å². The van der Waals surface area contributed by atoms with Crippen LogP contribution in [0.1, 0.15) is 18.9 Å². The second-order valence-electron chi connectivity index (χ2n) is 5.64. The van der Waals surface area contributed by atoms with E-state index in [4.69, 9.17) is 0 Å². The first-order valence-electron chi connectivity index (χ1n) is 8.39. The van der Waals surface area contributed by atoms with Gasteiger partial charge in [0.2, 0.25) is 0 Å². The van der Waals surface area contributed by atoms with E-state index in [1.54, 1.807) is 19.2 Å². The first-order chi connectivity index (χ1) is 12.7. The summed E-state index contributed by atoms with van der Waals surface area (Å²) in [6.45, 7) is -0.871. The van der Waals surface area contributed by atoms with Crippen LogP contribution in [0.2, 0.25) is 0 Å². The van der Waals surface area contributed by atoms with Crippen molar-refractivity contribution in [2.24, 2.45) is 4.99 Å². The minimum absolute atomic E-state index is 0.0300. The lowest BCUT2D eigenvalue weighted by atomic mass is 10.2. The minimum Gasteiger partial charge on any atom is -0.435 e. The highest BCUT2D eigenvalue weighted by atomic mass is 19.4. The predicted molar refractivity (Wildman–Crippen MR) is 92.0 cm³/mol. The molecule has 0 amide bonds. The molecule has 0 fully saturated rings. The highest BCUT2D eigenvalue weighted by Gasteiger charge is 2.27. The second-order valence-corrected chi connectivity index (χ2v) is 5.64. The van der Waals surface area contributed by atoms with Crippen LogP contribution in [0.5, 0.6) is 5.75 Å². The quantitative estimate of drug-likeness (QED) is 0.283. The monoisotopic (exact) mass is 397 g/mol. The molecule has 1 N–H and O–H groups in total. The summed E-state index contributed by atoms with van der Waals surface area (Å²) in [6, 6.07) is 6.25. The fourth-order valence-electron chi connectivity index (χ4n) is 2.13. The third-order valence-electron chi connectivity index (χ3n) is 3.24. The summed E-state index contributed by atoms with van der Waals surface area (Å²) in [5, 5.41) is 3.09. The molecule has 0 aliphatic rings. The zero-order valence-corrected chi connectivity index (χ0v) is 15.2. The molecule has 0 saturated carbocycles. The number of rotatable bonds is 10. The molecular formula is C17H24F5N3O2. The Bertz CT molecular complexity index is 565. The lowest BCUT2D eigenvalue weighted by Gasteiger charge is -2.22. The fourth-order valence-corrected chi connectivity index (χ4v) is 2.13. The predicted octanol–water partition coefficient (Wildman–Crippen LogP) is 3.65. The summed E-state index contributed by atoms with van der Waals surface area (Å²) in [5.74, 6) is 0.664. The largest absolute Gasteiger partial charge is 0.435 e. The number of hydrogen-bond donors (Lipinski definition) is 1. The summed E-state index contributed by atoms with van der Waals surface area (Å²) in [6.07, 6.45) is -3.97. The molecule has 27 heavy (non-hydrogen) atoms. The van der Waals surface area contributed by atoms with Crippen molar-refractivity contribution in [2.75, 3.05) is 33.4 Å². The highest BCUT2D eigenvalue weighted by Crippen LogP contribution is 2.16. The molecule has 0 bridgehead atoms. The van der Waals surface area contributed by atoms with Crippen molar-refractivity contribution in [1.29, 1.82) is 0 Å². The normalized spacial score (nSPS) is 12.4. The summed E-state index contributed by atoms with van der Waals surface area (Å²) in [5.41, 5.74) is 0.859. The van der Waals surface area contributed by atoms with E-state index in [2.05, 4.69) is 19.8 Å². The van der Waals surface area contributed by atoms with Crippen molar-refractivity contribution >= 4 is 5.96 Å². The maximum absolute atomic E-state index is 12.2. The van der Waals surface area contributed by atoms with Crippen LogP contribution in [-0.4, -0.2) is 57.0 Å². The van der Waals surface area contributed by atoms with Gasteiger partial charge in [0.15, 0.2) is 5.96 Å². The third kappa shape index (κ3) is 10.6. The lowest BCUT2D eigenvalue weighted by molar-refractivity contribution is -0.173. The van der Waals surface area contributed by atoms with Gasteiger partial charge >= 0.3 is 12.8 Å². The van der Waals surface area contributed by atoms with E-state index in [0.717, 1.165) is 5.56 Å². The van der Waals surface area contributed by atoms with Crippen LogP contribution in [0.3, 0.4) is 0 Å². The molecular weight excluding hydrogens is 373 g/mol. The lowest BCUT2D eigenvalue weighted by Crippen LogP contribution is -2.38. The number of benzene rings is 1. The smallest absolute Gasteiger partial charge is 0.411 e. The van der Waals surface area contributed by atoms with E-state index in [9.17, 15) is 22.0 Å². The Hall–Kier alpha value is -2.10. The van der Waals surface area contributed by atoms with Gasteiger partial charge in [-0.3, -0.25) is 4.99 Å². The van der Waals surface area contributed by atoms with Crippen molar-refractivity contribution in [3.05, 3.63) is 29.8 Å². The van der Waals surface area contributed by atoms with Gasteiger partial charge in [0.05, 0.1) is 0 Å². The Morgan fingerprint density at radius 1 is 1.22 bits per heavy atom. The summed E-state index contributed by atoms with van der Waals surface area (Å²) >= 11 is 0. The van der Waals surface area contributed by atoms with Crippen LogP contribution >= 0.6 is 0 Å². The Morgan fingerprint density at radius 3 is 2.44 bits per heavy atom. The summed E-state index contributed by atoms with van der Waals surface area (Å²) in [7, 11) is 1.80. The number of halogens is 5. The minimum atomic E-state index is -4.33. The molecule has 0 saturated heterocycles. The number of alkyl halides is 5. The van der Waals surface area contributed by atoms with E-state index in [1.165, 1.54) is 12.1 Å². The molecule has 0 atom stereocenters. The van der Waals surface area contributed by atoms with Crippen molar-refractivity contribution in [2.45, 2.75) is 32.7 Å². The van der Waals surface area contributed by atoms with Crippen molar-refractivity contribution in [1.82, 2.24) is 10.2 Å². The zero-order valence-electron chi connectivity index (χ0n) is 15.2. The van der Waals surface area contributed by atoms with Crippen LogP contribution < -0.4 is 10.1 Å². The summed E-state index contributed by atoms with van der Waals surface area (Å²) in [4.78, 5) is 6.17. The van der Waals surface area contributed by atoms with Crippen LogP contribution in [0.15, 0.2) is 29.3 Å². The molecule has 0 aliphatic carbocycles. The number of nitrogens with zero attached hydrogens (tertiary/aromatic N) is 2. The second kappa shape index (κ2) is 11.6. The molecule has 0 aromatic heterocycles. The Balaban J connectivity index is 2.50.